The highest BCUT2D eigenvalue weighted by Gasteiger charge is 2.36. The van der Waals surface area contributed by atoms with Gasteiger partial charge >= 0.3 is 0 Å². The van der Waals surface area contributed by atoms with Crippen LogP contribution in [0.1, 0.15) is 32.1 Å². The van der Waals surface area contributed by atoms with Gasteiger partial charge in [-0.3, -0.25) is 4.99 Å². The maximum atomic E-state index is 11.0. The van der Waals surface area contributed by atoms with Crippen LogP contribution >= 0.6 is 0 Å². The molecule has 2 N–H and O–H groups in total. The van der Waals surface area contributed by atoms with Gasteiger partial charge in [0, 0.05) is 38.0 Å². The molecule has 7 nitrogen and oxygen atoms in total. The number of nitrogens with one attached hydrogen (secondary N) is 2. The van der Waals surface area contributed by atoms with Crippen LogP contribution in [0.3, 0.4) is 0 Å². The number of aliphatic imine (C=N–C) groups is 1. The van der Waals surface area contributed by atoms with Crippen molar-refractivity contribution in [2.24, 2.45) is 4.99 Å². The molecular weight excluding hydrogens is 328 g/mol. The molecule has 140 valence electrons. The maximum absolute atomic E-state index is 11.0. The van der Waals surface area contributed by atoms with Crippen molar-refractivity contribution in [2.45, 2.75) is 50.2 Å². The molecule has 2 fully saturated rings. The number of guanidine groups is 1. The first-order valence-electron chi connectivity index (χ1n) is 8.83. The van der Waals surface area contributed by atoms with Crippen molar-refractivity contribution in [1.82, 2.24) is 15.5 Å². The Hall–Kier alpha value is -0.860. The number of piperidine rings is 2. The topological polar surface area (TPSA) is 83.0 Å². The summed E-state index contributed by atoms with van der Waals surface area (Å²) in [6, 6.07) is 1.84. The second-order valence-electron chi connectivity index (χ2n) is 6.96. The van der Waals surface area contributed by atoms with Crippen molar-refractivity contribution >= 4 is 15.8 Å². The molecule has 2 unspecified atom stereocenters. The average Bonchev–Trinajstić information content (AvgIpc) is 2.49. The molecule has 0 aromatic rings. The van der Waals surface area contributed by atoms with Gasteiger partial charge in [-0.05, 0) is 32.7 Å². The molecule has 0 aromatic heterocycles. The fourth-order valence-electron chi connectivity index (χ4n) is 3.68. The van der Waals surface area contributed by atoms with Crippen molar-refractivity contribution in [3.63, 3.8) is 0 Å². The number of hydrogen-bond donors (Lipinski definition) is 2. The Bertz CT molecular complexity index is 509. The molecule has 2 heterocycles. The molecule has 2 atom stereocenters. The maximum Gasteiger partial charge on any atom is 0.191 e. The molecule has 2 aliphatic heterocycles. The van der Waals surface area contributed by atoms with E-state index in [2.05, 4.69) is 27.6 Å². The Kier molecular flexibility index (Phi) is 7.31. The first kappa shape index (κ1) is 19.5. The van der Waals surface area contributed by atoms with Crippen LogP contribution in [0.4, 0.5) is 0 Å². The van der Waals surface area contributed by atoms with Gasteiger partial charge in [0.1, 0.15) is 9.84 Å². The monoisotopic (exact) mass is 360 g/mol. The molecular formula is C16H32N4O3S. The highest BCUT2D eigenvalue weighted by atomic mass is 32.2. The van der Waals surface area contributed by atoms with E-state index in [0.717, 1.165) is 5.96 Å². The highest BCUT2D eigenvalue weighted by Crippen LogP contribution is 2.32. The Morgan fingerprint density at radius 2 is 1.92 bits per heavy atom. The van der Waals surface area contributed by atoms with E-state index in [1.807, 2.05) is 0 Å². The minimum absolute atomic E-state index is 0.0678. The van der Waals surface area contributed by atoms with Gasteiger partial charge in [-0.25, -0.2) is 8.42 Å². The van der Waals surface area contributed by atoms with E-state index in [4.69, 9.17) is 4.74 Å². The third-order valence-corrected chi connectivity index (χ3v) is 5.95. The van der Waals surface area contributed by atoms with E-state index in [0.29, 0.717) is 31.3 Å². The number of sulfone groups is 1. The minimum atomic E-state index is -2.95. The summed E-state index contributed by atoms with van der Waals surface area (Å²) in [5, 5.41) is 6.77. The van der Waals surface area contributed by atoms with Crippen LogP contribution in [-0.4, -0.2) is 83.3 Å². The fourth-order valence-corrected chi connectivity index (χ4v) is 4.10. The molecule has 24 heavy (non-hydrogen) atoms. The van der Waals surface area contributed by atoms with Gasteiger partial charge in [0.2, 0.25) is 0 Å². The molecule has 0 amide bonds. The van der Waals surface area contributed by atoms with E-state index in [-0.39, 0.29) is 12.4 Å². The van der Waals surface area contributed by atoms with Crippen LogP contribution in [0.25, 0.3) is 0 Å². The second-order valence-corrected chi connectivity index (χ2v) is 9.22. The Morgan fingerprint density at radius 1 is 1.25 bits per heavy atom. The lowest BCUT2D eigenvalue weighted by Crippen LogP contribution is -2.56. The number of hydrogen-bond acceptors (Lipinski definition) is 5. The molecule has 2 rings (SSSR count). The van der Waals surface area contributed by atoms with Gasteiger partial charge in [-0.2, -0.15) is 0 Å². The quantitative estimate of drug-likeness (QED) is 0.384. The van der Waals surface area contributed by atoms with Gasteiger partial charge in [-0.1, -0.05) is 6.42 Å². The summed E-state index contributed by atoms with van der Waals surface area (Å²) < 4.78 is 27.4. The summed E-state index contributed by atoms with van der Waals surface area (Å²) in [4.78, 5) is 6.83. The van der Waals surface area contributed by atoms with E-state index >= 15 is 0 Å². The van der Waals surface area contributed by atoms with Crippen LogP contribution in [0, 0.1) is 0 Å². The summed E-state index contributed by atoms with van der Waals surface area (Å²) in [5.41, 5.74) is 0. The Balaban J connectivity index is 1.66. The van der Waals surface area contributed by atoms with Crippen LogP contribution < -0.4 is 10.6 Å². The Morgan fingerprint density at radius 3 is 2.50 bits per heavy atom. The van der Waals surface area contributed by atoms with Crippen molar-refractivity contribution in [1.29, 1.82) is 0 Å². The third kappa shape index (κ3) is 6.22. The lowest BCUT2D eigenvalue weighted by atomic mass is 9.82. The van der Waals surface area contributed by atoms with Gasteiger partial charge in [0.25, 0.3) is 0 Å². The van der Waals surface area contributed by atoms with Gasteiger partial charge in [-0.15, -0.1) is 0 Å². The van der Waals surface area contributed by atoms with E-state index in [1.165, 1.54) is 38.4 Å². The molecule has 2 saturated heterocycles. The largest absolute Gasteiger partial charge is 0.379 e. The molecule has 2 aliphatic rings. The van der Waals surface area contributed by atoms with Crippen molar-refractivity contribution in [2.75, 3.05) is 45.9 Å². The summed E-state index contributed by atoms with van der Waals surface area (Å²) in [6.45, 7) is 1.32. The molecule has 0 aliphatic carbocycles. The van der Waals surface area contributed by atoms with E-state index in [1.54, 1.807) is 7.05 Å². The molecule has 0 radical (unpaired) electrons. The average molecular weight is 361 g/mol. The van der Waals surface area contributed by atoms with Crippen LogP contribution in [0.5, 0.6) is 0 Å². The SMILES string of the molecule is CN=C(NCCOCCS(C)(=O)=O)NC1CC2CCCC(C1)N2C. The van der Waals surface area contributed by atoms with Crippen molar-refractivity contribution in [3.8, 4) is 0 Å². The van der Waals surface area contributed by atoms with Crippen LogP contribution in [0.2, 0.25) is 0 Å². The minimum Gasteiger partial charge on any atom is -0.379 e. The molecule has 0 spiro atoms. The summed E-state index contributed by atoms with van der Waals surface area (Å²) in [6.07, 6.45) is 7.50. The van der Waals surface area contributed by atoms with E-state index < -0.39 is 9.84 Å². The highest BCUT2D eigenvalue weighted by molar-refractivity contribution is 7.90. The van der Waals surface area contributed by atoms with E-state index in [9.17, 15) is 8.42 Å². The van der Waals surface area contributed by atoms with Crippen LogP contribution in [0.15, 0.2) is 4.99 Å². The number of fused-ring (bicyclic) bond motifs is 2. The normalized spacial score (nSPS) is 28.6. The summed E-state index contributed by atoms with van der Waals surface area (Å²) in [7, 11) is 1.08. The second kappa shape index (κ2) is 9.01. The summed E-state index contributed by atoms with van der Waals surface area (Å²) >= 11 is 0. The standard InChI is InChI=1S/C16H32N4O3S/c1-17-16(18-7-8-23-9-10-24(3,21)22)19-13-11-14-5-4-6-15(12-13)20(14)2/h13-15H,4-12H2,1-3H3,(H2,17,18,19). The van der Waals surface area contributed by atoms with Crippen LogP contribution in [-0.2, 0) is 14.6 Å². The van der Waals surface area contributed by atoms with Crippen molar-refractivity contribution in [3.05, 3.63) is 0 Å². The van der Waals surface area contributed by atoms with Gasteiger partial charge in [0.05, 0.1) is 19.0 Å². The zero-order valence-electron chi connectivity index (χ0n) is 15.1. The van der Waals surface area contributed by atoms with Gasteiger partial charge < -0.3 is 20.3 Å². The smallest absolute Gasteiger partial charge is 0.191 e. The third-order valence-electron chi connectivity index (χ3n) is 5.04. The molecule has 8 heteroatoms. The van der Waals surface area contributed by atoms with Crippen molar-refractivity contribution < 1.29 is 13.2 Å². The predicted molar refractivity (Wildman–Crippen MR) is 97.2 cm³/mol. The lowest BCUT2D eigenvalue weighted by Gasteiger charge is -2.47. The fraction of sp³-hybridized carbons (Fsp3) is 0.938. The first-order valence-corrected chi connectivity index (χ1v) is 10.9. The lowest BCUT2D eigenvalue weighted by molar-refractivity contribution is 0.0526. The first-order chi connectivity index (χ1) is 11.4. The van der Waals surface area contributed by atoms with Gasteiger partial charge in [0.15, 0.2) is 5.96 Å². The number of ether oxygens (including phenoxy) is 1. The number of nitrogens with zero attached hydrogens (tertiary/aromatic N) is 2. The number of rotatable bonds is 7. The predicted octanol–water partition coefficient (Wildman–Crippen LogP) is 0.228. The summed E-state index contributed by atoms with van der Waals surface area (Å²) in [5.74, 6) is 0.868. The Labute approximate surface area is 146 Å². The molecule has 0 saturated carbocycles. The zero-order valence-corrected chi connectivity index (χ0v) is 15.9. The molecule has 2 bridgehead atoms. The zero-order chi connectivity index (χ0) is 17.6. The molecule has 0 aromatic carbocycles.